The first-order valence-electron chi connectivity index (χ1n) is 5.89. The SMILES string of the molecule is CC.Clc1nccc(-c2c[nH]c3ccccc23)n1. The summed E-state index contributed by atoms with van der Waals surface area (Å²) in [7, 11) is 0. The molecule has 0 unspecified atom stereocenters. The van der Waals surface area contributed by atoms with Gasteiger partial charge in [0.05, 0.1) is 5.69 Å². The Morgan fingerprint density at radius 3 is 2.67 bits per heavy atom. The average Bonchev–Trinajstić information content (AvgIpc) is 2.85. The number of para-hydroxylation sites is 1. The third-order valence-electron chi connectivity index (χ3n) is 2.49. The highest BCUT2D eigenvalue weighted by Gasteiger charge is 2.06. The minimum absolute atomic E-state index is 0.266. The summed E-state index contributed by atoms with van der Waals surface area (Å²) in [5, 5.41) is 1.40. The fourth-order valence-corrected chi connectivity index (χ4v) is 1.92. The van der Waals surface area contributed by atoms with E-state index in [4.69, 9.17) is 11.6 Å². The van der Waals surface area contributed by atoms with Crippen LogP contribution in [0.3, 0.4) is 0 Å². The van der Waals surface area contributed by atoms with E-state index in [2.05, 4.69) is 21.0 Å². The van der Waals surface area contributed by atoms with Crippen LogP contribution in [0, 0.1) is 0 Å². The maximum Gasteiger partial charge on any atom is 0.222 e. The quantitative estimate of drug-likeness (QED) is 0.662. The van der Waals surface area contributed by atoms with Crippen molar-refractivity contribution < 1.29 is 0 Å². The van der Waals surface area contributed by atoms with Crippen molar-refractivity contribution >= 4 is 22.5 Å². The van der Waals surface area contributed by atoms with E-state index in [0.717, 1.165) is 22.2 Å². The fourth-order valence-electron chi connectivity index (χ4n) is 1.77. The molecular weight excluding hydrogens is 246 g/mol. The van der Waals surface area contributed by atoms with E-state index in [1.807, 2.05) is 44.3 Å². The molecule has 3 nitrogen and oxygen atoms in total. The average molecular weight is 260 g/mol. The molecule has 0 aliphatic rings. The number of nitrogens with one attached hydrogen (secondary N) is 1. The zero-order valence-electron chi connectivity index (χ0n) is 10.3. The zero-order valence-corrected chi connectivity index (χ0v) is 11.1. The largest absolute Gasteiger partial charge is 0.360 e. The van der Waals surface area contributed by atoms with Crippen molar-refractivity contribution in [1.82, 2.24) is 15.0 Å². The number of aromatic nitrogens is 3. The molecule has 0 aliphatic heterocycles. The Hall–Kier alpha value is -1.87. The number of H-pyrrole nitrogens is 1. The second-order valence-corrected chi connectivity index (χ2v) is 3.80. The lowest BCUT2D eigenvalue weighted by Gasteiger charge is -1.98. The van der Waals surface area contributed by atoms with Gasteiger partial charge in [0.1, 0.15) is 0 Å². The molecule has 0 atom stereocenters. The van der Waals surface area contributed by atoms with Crippen molar-refractivity contribution in [3.63, 3.8) is 0 Å². The van der Waals surface area contributed by atoms with Crippen LogP contribution in [0.1, 0.15) is 13.8 Å². The highest BCUT2D eigenvalue weighted by molar-refractivity contribution is 6.28. The summed E-state index contributed by atoms with van der Waals surface area (Å²) in [4.78, 5) is 11.3. The van der Waals surface area contributed by atoms with Gasteiger partial charge in [0.25, 0.3) is 0 Å². The van der Waals surface area contributed by atoms with Crippen molar-refractivity contribution in [3.05, 3.63) is 48.0 Å². The summed E-state index contributed by atoms with van der Waals surface area (Å²) in [6.07, 6.45) is 3.59. The molecule has 0 saturated heterocycles. The van der Waals surface area contributed by atoms with Crippen molar-refractivity contribution in [3.8, 4) is 11.3 Å². The highest BCUT2D eigenvalue weighted by atomic mass is 35.5. The molecule has 3 rings (SSSR count). The molecule has 0 fully saturated rings. The number of hydrogen-bond donors (Lipinski definition) is 1. The molecule has 0 amide bonds. The van der Waals surface area contributed by atoms with Crippen molar-refractivity contribution in [2.45, 2.75) is 13.8 Å². The Labute approximate surface area is 111 Å². The summed E-state index contributed by atoms with van der Waals surface area (Å²) in [5.74, 6) is 0. The number of fused-ring (bicyclic) bond motifs is 1. The summed E-state index contributed by atoms with van der Waals surface area (Å²) in [6.45, 7) is 4.00. The molecule has 2 aromatic heterocycles. The summed E-state index contributed by atoms with van der Waals surface area (Å²) in [5.41, 5.74) is 2.96. The van der Waals surface area contributed by atoms with Gasteiger partial charge in [-0.2, -0.15) is 0 Å². The van der Waals surface area contributed by atoms with Crippen LogP contribution in [0.25, 0.3) is 22.2 Å². The lowest BCUT2D eigenvalue weighted by atomic mass is 10.1. The molecule has 0 saturated carbocycles. The Morgan fingerprint density at radius 1 is 1.11 bits per heavy atom. The van der Waals surface area contributed by atoms with Crippen LogP contribution in [-0.2, 0) is 0 Å². The second kappa shape index (κ2) is 5.65. The molecule has 1 N–H and O–H groups in total. The number of rotatable bonds is 1. The van der Waals surface area contributed by atoms with Crippen molar-refractivity contribution in [1.29, 1.82) is 0 Å². The molecule has 4 heteroatoms. The Balaban J connectivity index is 0.000000574. The minimum atomic E-state index is 0.266. The Morgan fingerprint density at radius 2 is 1.89 bits per heavy atom. The molecule has 0 aliphatic carbocycles. The van der Waals surface area contributed by atoms with Gasteiger partial charge in [0, 0.05) is 28.9 Å². The monoisotopic (exact) mass is 259 g/mol. The van der Waals surface area contributed by atoms with Gasteiger partial charge in [0.2, 0.25) is 5.28 Å². The number of aromatic amines is 1. The molecule has 1 aromatic carbocycles. The second-order valence-electron chi connectivity index (χ2n) is 3.46. The topological polar surface area (TPSA) is 41.6 Å². The maximum atomic E-state index is 5.78. The lowest BCUT2D eigenvalue weighted by molar-refractivity contribution is 1.17. The van der Waals surface area contributed by atoms with E-state index >= 15 is 0 Å². The van der Waals surface area contributed by atoms with Crippen molar-refractivity contribution in [2.24, 2.45) is 0 Å². The van der Waals surface area contributed by atoms with E-state index in [9.17, 15) is 0 Å². The van der Waals surface area contributed by atoms with E-state index in [-0.39, 0.29) is 5.28 Å². The van der Waals surface area contributed by atoms with E-state index in [1.54, 1.807) is 6.20 Å². The van der Waals surface area contributed by atoms with Gasteiger partial charge in [-0.3, -0.25) is 0 Å². The molecule has 92 valence electrons. The van der Waals surface area contributed by atoms with Crippen LogP contribution < -0.4 is 0 Å². The summed E-state index contributed by atoms with van der Waals surface area (Å²) < 4.78 is 0. The van der Waals surface area contributed by atoms with E-state index < -0.39 is 0 Å². The van der Waals surface area contributed by atoms with Crippen LogP contribution in [0.2, 0.25) is 5.28 Å². The first kappa shape index (κ1) is 12.6. The molecule has 18 heavy (non-hydrogen) atoms. The first-order valence-corrected chi connectivity index (χ1v) is 6.27. The summed E-state index contributed by atoms with van der Waals surface area (Å²) >= 11 is 5.78. The van der Waals surface area contributed by atoms with Gasteiger partial charge in [-0.05, 0) is 23.7 Å². The molecule has 0 spiro atoms. The fraction of sp³-hybridized carbons (Fsp3) is 0.143. The van der Waals surface area contributed by atoms with E-state index in [1.165, 1.54) is 0 Å². The molecule has 0 bridgehead atoms. The third kappa shape index (κ3) is 2.36. The van der Waals surface area contributed by atoms with Crippen LogP contribution in [-0.4, -0.2) is 15.0 Å². The number of hydrogen-bond acceptors (Lipinski definition) is 2. The predicted octanol–water partition coefficient (Wildman–Crippen LogP) is 4.30. The molecule has 0 radical (unpaired) electrons. The minimum Gasteiger partial charge on any atom is -0.360 e. The highest BCUT2D eigenvalue weighted by Crippen LogP contribution is 2.26. The van der Waals surface area contributed by atoms with Gasteiger partial charge >= 0.3 is 0 Å². The first-order chi connectivity index (χ1) is 8.84. The van der Waals surface area contributed by atoms with Gasteiger partial charge in [-0.1, -0.05) is 32.0 Å². The van der Waals surface area contributed by atoms with Crippen LogP contribution >= 0.6 is 11.6 Å². The van der Waals surface area contributed by atoms with Crippen LogP contribution in [0.4, 0.5) is 0 Å². The molecular formula is C14H14ClN3. The van der Waals surface area contributed by atoms with E-state index in [0.29, 0.717) is 0 Å². The van der Waals surface area contributed by atoms with Crippen LogP contribution in [0.5, 0.6) is 0 Å². The van der Waals surface area contributed by atoms with Gasteiger partial charge < -0.3 is 4.98 Å². The van der Waals surface area contributed by atoms with Crippen LogP contribution in [0.15, 0.2) is 42.7 Å². The molecule has 3 aromatic rings. The molecule has 2 heterocycles. The smallest absolute Gasteiger partial charge is 0.222 e. The number of halogens is 1. The lowest BCUT2D eigenvalue weighted by Crippen LogP contribution is -1.84. The Bertz CT molecular complexity index is 646. The zero-order chi connectivity index (χ0) is 13.0. The van der Waals surface area contributed by atoms with Crippen molar-refractivity contribution in [2.75, 3.05) is 0 Å². The number of benzene rings is 1. The van der Waals surface area contributed by atoms with Gasteiger partial charge in [-0.25, -0.2) is 9.97 Å². The predicted molar refractivity (Wildman–Crippen MR) is 75.7 cm³/mol. The normalized spacial score (nSPS) is 9.94. The van der Waals surface area contributed by atoms with Gasteiger partial charge in [-0.15, -0.1) is 0 Å². The van der Waals surface area contributed by atoms with Gasteiger partial charge in [0.15, 0.2) is 0 Å². The third-order valence-corrected chi connectivity index (χ3v) is 2.67. The standard InChI is InChI=1S/C12H8ClN3.C2H6/c13-12-14-6-5-11(16-12)9-7-15-10-4-2-1-3-8(9)10;1-2/h1-7,15H;1-2H3. The maximum absolute atomic E-state index is 5.78. The Kier molecular flexibility index (Phi) is 3.95. The number of nitrogens with zero attached hydrogens (tertiary/aromatic N) is 2. The summed E-state index contributed by atoms with van der Waals surface area (Å²) in [6, 6.07) is 9.93.